The van der Waals surface area contributed by atoms with Crippen molar-refractivity contribution < 1.29 is 29.0 Å². The lowest BCUT2D eigenvalue weighted by Gasteiger charge is -2.20. The van der Waals surface area contributed by atoms with Crippen molar-refractivity contribution in [1.82, 2.24) is 10.6 Å². The normalized spacial score (nSPS) is 12.6. The first-order valence-electron chi connectivity index (χ1n) is 7.99. The number of hydrogen-bond donors (Lipinski definition) is 3. The Labute approximate surface area is 146 Å². The Morgan fingerprint density at radius 2 is 1.80 bits per heavy atom. The summed E-state index contributed by atoms with van der Waals surface area (Å²) in [6, 6.07) is 4.33. The molecule has 2 atom stereocenters. The fourth-order valence-electron chi connectivity index (χ4n) is 1.92. The largest absolute Gasteiger partial charge is 0.497 e. The minimum atomic E-state index is -1.17. The molecule has 0 heterocycles. The molecule has 8 heteroatoms. The number of nitrogens with one attached hydrogen (secondary N) is 2. The predicted molar refractivity (Wildman–Crippen MR) is 90.4 cm³/mol. The van der Waals surface area contributed by atoms with Crippen molar-refractivity contribution in [3.8, 4) is 5.75 Å². The van der Waals surface area contributed by atoms with Crippen LogP contribution in [0.3, 0.4) is 0 Å². The Bertz CT molecular complexity index is 587. The van der Waals surface area contributed by atoms with Gasteiger partial charge in [0, 0.05) is 0 Å². The van der Waals surface area contributed by atoms with Crippen LogP contribution in [0, 0.1) is 0 Å². The van der Waals surface area contributed by atoms with E-state index in [4.69, 9.17) is 14.6 Å². The number of benzene rings is 1. The molecule has 1 aromatic carbocycles. The molecule has 2 amide bonds. The van der Waals surface area contributed by atoms with E-state index < -0.39 is 30.1 Å². The number of alkyl carbamates (subject to hydrolysis) is 1. The van der Waals surface area contributed by atoms with Crippen LogP contribution < -0.4 is 15.4 Å². The van der Waals surface area contributed by atoms with Crippen molar-refractivity contribution in [1.29, 1.82) is 0 Å². The predicted octanol–water partition coefficient (Wildman–Crippen LogP) is 1.85. The van der Waals surface area contributed by atoms with E-state index in [1.54, 1.807) is 24.3 Å². The number of ether oxygens (including phenoxy) is 2. The van der Waals surface area contributed by atoms with E-state index in [0.29, 0.717) is 17.7 Å². The van der Waals surface area contributed by atoms with Crippen LogP contribution in [-0.4, -0.2) is 42.8 Å². The summed E-state index contributed by atoms with van der Waals surface area (Å²) < 4.78 is 10.1. The van der Waals surface area contributed by atoms with Gasteiger partial charge in [0.15, 0.2) is 0 Å². The number of rotatable bonds is 9. The van der Waals surface area contributed by atoms with Gasteiger partial charge < -0.3 is 25.2 Å². The second-order valence-corrected chi connectivity index (χ2v) is 5.41. The molecule has 0 aliphatic rings. The summed E-state index contributed by atoms with van der Waals surface area (Å²) in [5.74, 6) is -1.23. The van der Waals surface area contributed by atoms with E-state index in [0.717, 1.165) is 6.42 Å². The number of carboxylic acids is 1. The highest BCUT2D eigenvalue weighted by Gasteiger charge is 2.26. The van der Waals surface area contributed by atoms with E-state index in [1.165, 1.54) is 14.0 Å². The van der Waals surface area contributed by atoms with E-state index in [1.807, 2.05) is 6.92 Å². The summed E-state index contributed by atoms with van der Waals surface area (Å²) >= 11 is 0. The van der Waals surface area contributed by atoms with Gasteiger partial charge >= 0.3 is 12.1 Å². The first-order valence-corrected chi connectivity index (χ1v) is 7.99. The van der Waals surface area contributed by atoms with Crippen LogP contribution in [0.15, 0.2) is 24.3 Å². The zero-order valence-electron chi connectivity index (χ0n) is 14.6. The third kappa shape index (κ3) is 6.70. The molecule has 8 nitrogen and oxygen atoms in total. The third-order valence-electron chi connectivity index (χ3n) is 3.43. The second kappa shape index (κ2) is 10.2. The molecule has 0 saturated heterocycles. The molecule has 0 radical (unpaired) electrons. The molecule has 0 fully saturated rings. The Morgan fingerprint density at radius 1 is 1.16 bits per heavy atom. The van der Waals surface area contributed by atoms with Crippen LogP contribution in [0.4, 0.5) is 4.79 Å². The van der Waals surface area contributed by atoms with Crippen molar-refractivity contribution in [2.45, 2.75) is 38.8 Å². The molecule has 0 spiro atoms. The number of methoxy groups -OCH3 is 1. The molecule has 0 aromatic heterocycles. The van der Waals surface area contributed by atoms with E-state index in [2.05, 4.69) is 10.6 Å². The highest BCUT2D eigenvalue weighted by molar-refractivity contribution is 5.90. The van der Waals surface area contributed by atoms with E-state index in [-0.39, 0.29) is 6.61 Å². The summed E-state index contributed by atoms with van der Waals surface area (Å²) in [5.41, 5.74) is 0.475. The van der Waals surface area contributed by atoms with Crippen molar-refractivity contribution in [3.63, 3.8) is 0 Å². The van der Waals surface area contributed by atoms with Gasteiger partial charge in [0.2, 0.25) is 5.91 Å². The summed E-state index contributed by atoms with van der Waals surface area (Å²) in [7, 11) is 1.51. The standard InChI is InChI=1S/C17H24N2O6/c1-4-5-10-25-17(23)19-14(15(20)18-11(2)16(21)22)12-6-8-13(24-3)9-7-12/h6-9,11,14H,4-5,10H2,1-3H3,(H,18,20)(H,19,23)(H,21,22)/t11-,14-/m0/s1. The second-order valence-electron chi connectivity index (χ2n) is 5.41. The van der Waals surface area contributed by atoms with Gasteiger partial charge in [-0.3, -0.25) is 9.59 Å². The van der Waals surface area contributed by atoms with Gasteiger partial charge in [-0.1, -0.05) is 25.5 Å². The third-order valence-corrected chi connectivity index (χ3v) is 3.43. The molecule has 25 heavy (non-hydrogen) atoms. The monoisotopic (exact) mass is 352 g/mol. The summed E-state index contributed by atoms with van der Waals surface area (Å²) in [6.45, 7) is 3.54. The highest BCUT2D eigenvalue weighted by Crippen LogP contribution is 2.18. The topological polar surface area (TPSA) is 114 Å². The lowest BCUT2D eigenvalue weighted by Crippen LogP contribution is -2.46. The maximum atomic E-state index is 12.4. The SMILES string of the molecule is CCCCOC(=O)N[C@H](C(=O)N[C@@H](C)C(=O)O)c1ccc(OC)cc1. The number of hydrogen-bond acceptors (Lipinski definition) is 5. The molecule has 0 saturated carbocycles. The minimum absolute atomic E-state index is 0.241. The molecule has 138 valence electrons. The van der Waals surface area contributed by atoms with Gasteiger partial charge in [-0.15, -0.1) is 0 Å². The molecule has 0 aliphatic heterocycles. The Kier molecular flexibility index (Phi) is 8.25. The fourth-order valence-corrected chi connectivity index (χ4v) is 1.92. The molecule has 0 bridgehead atoms. The first kappa shape index (κ1) is 20.3. The van der Waals surface area contributed by atoms with Crippen LogP contribution in [0.5, 0.6) is 5.75 Å². The number of amides is 2. The van der Waals surface area contributed by atoms with Crippen molar-refractivity contribution in [2.24, 2.45) is 0 Å². The maximum absolute atomic E-state index is 12.4. The van der Waals surface area contributed by atoms with Crippen LogP contribution in [-0.2, 0) is 14.3 Å². The molecular weight excluding hydrogens is 328 g/mol. The number of carboxylic acid groups (broad SMARTS) is 1. The van der Waals surface area contributed by atoms with Gasteiger partial charge in [-0.25, -0.2) is 4.79 Å². The van der Waals surface area contributed by atoms with Crippen molar-refractivity contribution >= 4 is 18.0 Å². The first-order chi connectivity index (χ1) is 11.9. The van der Waals surface area contributed by atoms with Crippen molar-refractivity contribution in [3.05, 3.63) is 29.8 Å². The molecule has 1 aromatic rings. The highest BCUT2D eigenvalue weighted by atomic mass is 16.5. The van der Waals surface area contributed by atoms with Crippen LogP contribution >= 0.6 is 0 Å². The zero-order chi connectivity index (χ0) is 18.8. The van der Waals surface area contributed by atoms with Crippen LogP contribution in [0.1, 0.15) is 38.3 Å². The molecule has 0 aliphatic carbocycles. The Hall–Kier alpha value is -2.77. The summed E-state index contributed by atoms with van der Waals surface area (Å²) in [6.07, 6.45) is 0.835. The lowest BCUT2D eigenvalue weighted by molar-refractivity contribution is -0.141. The summed E-state index contributed by atoms with van der Waals surface area (Å²) in [4.78, 5) is 35.2. The van der Waals surface area contributed by atoms with E-state index >= 15 is 0 Å². The quantitative estimate of drug-likeness (QED) is 0.585. The fraction of sp³-hybridized carbons (Fsp3) is 0.471. The smallest absolute Gasteiger partial charge is 0.408 e. The van der Waals surface area contributed by atoms with Crippen molar-refractivity contribution in [2.75, 3.05) is 13.7 Å². The van der Waals surface area contributed by atoms with Gasteiger partial charge in [-0.2, -0.15) is 0 Å². The molecule has 1 rings (SSSR count). The van der Waals surface area contributed by atoms with Gasteiger partial charge in [0.25, 0.3) is 0 Å². The van der Waals surface area contributed by atoms with Gasteiger partial charge in [-0.05, 0) is 31.0 Å². The Morgan fingerprint density at radius 3 is 2.32 bits per heavy atom. The average Bonchev–Trinajstić information content (AvgIpc) is 2.59. The maximum Gasteiger partial charge on any atom is 0.408 e. The van der Waals surface area contributed by atoms with Crippen LogP contribution in [0.2, 0.25) is 0 Å². The molecule has 0 unspecified atom stereocenters. The molecule has 3 N–H and O–H groups in total. The van der Waals surface area contributed by atoms with Crippen LogP contribution in [0.25, 0.3) is 0 Å². The minimum Gasteiger partial charge on any atom is -0.497 e. The van der Waals surface area contributed by atoms with Gasteiger partial charge in [0.1, 0.15) is 17.8 Å². The zero-order valence-corrected chi connectivity index (χ0v) is 14.6. The number of carbonyl (C=O) groups is 3. The number of unbranched alkanes of at least 4 members (excludes halogenated alkanes) is 1. The van der Waals surface area contributed by atoms with Gasteiger partial charge in [0.05, 0.1) is 13.7 Å². The average molecular weight is 352 g/mol. The summed E-state index contributed by atoms with van der Waals surface area (Å²) in [5, 5.41) is 13.7. The lowest BCUT2D eigenvalue weighted by atomic mass is 10.1. The van der Waals surface area contributed by atoms with E-state index in [9.17, 15) is 14.4 Å². The number of aliphatic carboxylic acids is 1. The Balaban J connectivity index is 2.90. The molecular formula is C17H24N2O6. The number of carbonyl (C=O) groups excluding carboxylic acids is 2.